The fraction of sp³-hybridized carbons (Fsp3) is 0.333. The SMILES string of the molecule is Cc1nc2c(s1)Cc1sc(C)nc1-2. The molecule has 0 atom stereocenters. The minimum absolute atomic E-state index is 1.06. The first-order chi connectivity index (χ1) is 6.24. The molecule has 0 radical (unpaired) electrons. The van der Waals surface area contributed by atoms with E-state index in [4.69, 9.17) is 0 Å². The molecule has 13 heavy (non-hydrogen) atoms. The lowest BCUT2D eigenvalue weighted by atomic mass is 10.4. The van der Waals surface area contributed by atoms with Crippen LogP contribution in [0.5, 0.6) is 0 Å². The summed E-state index contributed by atoms with van der Waals surface area (Å²) in [7, 11) is 0. The van der Waals surface area contributed by atoms with Gasteiger partial charge < -0.3 is 0 Å². The third-order valence-electron chi connectivity index (χ3n) is 2.15. The summed E-state index contributed by atoms with van der Waals surface area (Å²) in [6, 6.07) is 0. The third-order valence-corrected chi connectivity index (χ3v) is 4.10. The van der Waals surface area contributed by atoms with E-state index in [1.807, 2.05) is 0 Å². The molecule has 0 saturated carbocycles. The molecule has 0 saturated heterocycles. The van der Waals surface area contributed by atoms with Crippen molar-refractivity contribution in [3.05, 3.63) is 19.8 Å². The van der Waals surface area contributed by atoms with Crippen LogP contribution in [0, 0.1) is 13.8 Å². The van der Waals surface area contributed by atoms with E-state index in [0.29, 0.717) is 0 Å². The zero-order chi connectivity index (χ0) is 9.00. The first-order valence-electron chi connectivity index (χ1n) is 4.17. The van der Waals surface area contributed by atoms with Crippen LogP contribution in [-0.4, -0.2) is 9.97 Å². The van der Waals surface area contributed by atoms with E-state index in [1.54, 1.807) is 22.7 Å². The Hall–Kier alpha value is -0.740. The van der Waals surface area contributed by atoms with Crippen LogP contribution in [-0.2, 0) is 6.42 Å². The van der Waals surface area contributed by atoms with E-state index < -0.39 is 0 Å². The minimum atomic E-state index is 1.06. The van der Waals surface area contributed by atoms with E-state index in [2.05, 4.69) is 23.8 Å². The molecule has 0 N–H and O–H groups in total. The first-order valence-corrected chi connectivity index (χ1v) is 5.80. The highest BCUT2D eigenvalue weighted by atomic mass is 32.1. The highest BCUT2D eigenvalue weighted by molar-refractivity contribution is 7.14. The topological polar surface area (TPSA) is 25.8 Å². The predicted octanol–water partition coefficient (Wildman–Crippen LogP) is 2.79. The van der Waals surface area contributed by atoms with Gasteiger partial charge in [0, 0.05) is 16.2 Å². The highest BCUT2D eigenvalue weighted by Gasteiger charge is 2.25. The Morgan fingerprint density at radius 2 is 1.38 bits per heavy atom. The summed E-state index contributed by atoms with van der Waals surface area (Å²) >= 11 is 3.60. The van der Waals surface area contributed by atoms with Crippen molar-refractivity contribution in [3.63, 3.8) is 0 Å². The summed E-state index contributed by atoms with van der Waals surface area (Å²) in [5.74, 6) is 0. The lowest BCUT2D eigenvalue weighted by Gasteiger charge is -1.84. The number of aromatic nitrogens is 2. The maximum absolute atomic E-state index is 4.51. The van der Waals surface area contributed by atoms with Gasteiger partial charge in [0.1, 0.15) is 11.4 Å². The zero-order valence-electron chi connectivity index (χ0n) is 7.42. The molecule has 2 aromatic rings. The van der Waals surface area contributed by atoms with Crippen molar-refractivity contribution in [1.82, 2.24) is 9.97 Å². The summed E-state index contributed by atoms with van der Waals surface area (Å²) in [6.45, 7) is 4.11. The van der Waals surface area contributed by atoms with Crippen LogP contribution in [0.1, 0.15) is 19.8 Å². The lowest BCUT2D eigenvalue weighted by molar-refractivity contribution is 1.24. The second-order valence-electron chi connectivity index (χ2n) is 3.19. The normalized spacial score (nSPS) is 13.1. The van der Waals surface area contributed by atoms with Crippen molar-refractivity contribution < 1.29 is 0 Å². The molecule has 66 valence electrons. The van der Waals surface area contributed by atoms with E-state index >= 15 is 0 Å². The van der Waals surface area contributed by atoms with Crippen LogP contribution in [0.3, 0.4) is 0 Å². The molecule has 0 aliphatic heterocycles. The van der Waals surface area contributed by atoms with E-state index in [9.17, 15) is 0 Å². The molecule has 0 spiro atoms. The second kappa shape index (κ2) is 2.39. The molecule has 0 aromatic carbocycles. The quantitative estimate of drug-likeness (QED) is 0.567. The van der Waals surface area contributed by atoms with Gasteiger partial charge in [-0.15, -0.1) is 22.7 Å². The number of thiazole rings is 2. The van der Waals surface area contributed by atoms with Crippen LogP contribution < -0.4 is 0 Å². The van der Waals surface area contributed by atoms with Gasteiger partial charge in [0.25, 0.3) is 0 Å². The number of aryl methyl sites for hydroxylation is 2. The fourth-order valence-corrected chi connectivity index (χ4v) is 3.68. The van der Waals surface area contributed by atoms with E-state index in [-0.39, 0.29) is 0 Å². The summed E-state index contributed by atoms with van der Waals surface area (Å²) in [6.07, 6.45) is 1.06. The Kier molecular flexibility index (Phi) is 1.41. The number of hydrogen-bond donors (Lipinski definition) is 0. The molecule has 1 aliphatic rings. The Bertz CT molecular complexity index is 438. The average Bonchev–Trinajstić information content (AvgIpc) is 2.60. The predicted molar refractivity (Wildman–Crippen MR) is 55.5 cm³/mol. The summed E-state index contributed by atoms with van der Waals surface area (Å²) in [4.78, 5) is 11.8. The van der Waals surface area contributed by atoms with Crippen molar-refractivity contribution in [1.29, 1.82) is 0 Å². The van der Waals surface area contributed by atoms with Crippen molar-refractivity contribution in [3.8, 4) is 11.4 Å². The van der Waals surface area contributed by atoms with Crippen molar-refractivity contribution in [2.24, 2.45) is 0 Å². The zero-order valence-corrected chi connectivity index (χ0v) is 9.05. The summed E-state index contributed by atoms with van der Waals surface area (Å²) < 4.78 is 0. The van der Waals surface area contributed by atoms with Crippen LogP contribution >= 0.6 is 22.7 Å². The van der Waals surface area contributed by atoms with Crippen molar-refractivity contribution in [2.45, 2.75) is 20.3 Å². The van der Waals surface area contributed by atoms with Gasteiger partial charge in [-0.25, -0.2) is 9.97 Å². The molecule has 2 nitrogen and oxygen atoms in total. The molecule has 2 aromatic heterocycles. The van der Waals surface area contributed by atoms with Gasteiger partial charge in [0.15, 0.2) is 0 Å². The molecule has 0 bridgehead atoms. The molecule has 0 amide bonds. The van der Waals surface area contributed by atoms with Gasteiger partial charge in [0.2, 0.25) is 0 Å². The lowest BCUT2D eigenvalue weighted by Crippen LogP contribution is -1.77. The van der Waals surface area contributed by atoms with E-state index in [0.717, 1.165) is 27.8 Å². The largest absolute Gasteiger partial charge is 0.240 e. The Morgan fingerprint density at radius 3 is 1.85 bits per heavy atom. The van der Waals surface area contributed by atoms with Gasteiger partial charge >= 0.3 is 0 Å². The van der Waals surface area contributed by atoms with Gasteiger partial charge in [-0.05, 0) is 13.8 Å². The first kappa shape index (κ1) is 7.64. The number of rotatable bonds is 0. The van der Waals surface area contributed by atoms with Crippen LogP contribution in [0.25, 0.3) is 11.4 Å². The summed E-state index contributed by atoms with van der Waals surface area (Å²) in [5.41, 5.74) is 2.28. The monoisotopic (exact) mass is 208 g/mol. The minimum Gasteiger partial charge on any atom is -0.240 e. The molecular weight excluding hydrogens is 200 g/mol. The number of hydrogen-bond acceptors (Lipinski definition) is 4. The van der Waals surface area contributed by atoms with Crippen molar-refractivity contribution >= 4 is 22.7 Å². The van der Waals surface area contributed by atoms with E-state index in [1.165, 1.54) is 9.75 Å². The van der Waals surface area contributed by atoms with Gasteiger partial charge in [0.05, 0.1) is 10.0 Å². The standard InChI is InChI=1S/C9H8N2S2/c1-4-10-8-6(12-4)3-7-9(8)11-5(2)13-7/h3H2,1-2H3. The van der Waals surface area contributed by atoms with Crippen LogP contribution in [0.2, 0.25) is 0 Å². The van der Waals surface area contributed by atoms with Gasteiger partial charge in [-0.1, -0.05) is 0 Å². The van der Waals surface area contributed by atoms with Crippen LogP contribution in [0.15, 0.2) is 0 Å². The van der Waals surface area contributed by atoms with Gasteiger partial charge in [-0.3, -0.25) is 0 Å². The Labute approximate surface area is 84.3 Å². The summed E-state index contributed by atoms with van der Waals surface area (Å²) in [5, 5.41) is 2.31. The highest BCUT2D eigenvalue weighted by Crippen LogP contribution is 2.41. The Balaban J connectivity index is 2.28. The molecule has 2 heterocycles. The van der Waals surface area contributed by atoms with Crippen molar-refractivity contribution in [2.75, 3.05) is 0 Å². The molecule has 4 heteroatoms. The maximum Gasteiger partial charge on any atom is 0.105 e. The average molecular weight is 208 g/mol. The Morgan fingerprint density at radius 1 is 0.923 bits per heavy atom. The third kappa shape index (κ3) is 0.988. The molecular formula is C9H8N2S2. The number of nitrogens with zero attached hydrogens (tertiary/aromatic N) is 2. The maximum atomic E-state index is 4.51. The molecule has 0 fully saturated rings. The molecule has 1 aliphatic carbocycles. The smallest absolute Gasteiger partial charge is 0.105 e. The molecule has 3 rings (SSSR count). The van der Waals surface area contributed by atoms with Gasteiger partial charge in [-0.2, -0.15) is 0 Å². The molecule has 0 unspecified atom stereocenters. The number of fused-ring (bicyclic) bond motifs is 3. The van der Waals surface area contributed by atoms with Crippen LogP contribution in [0.4, 0.5) is 0 Å². The fourth-order valence-electron chi connectivity index (χ4n) is 1.69. The second-order valence-corrected chi connectivity index (χ2v) is 5.76.